The lowest BCUT2D eigenvalue weighted by molar-refractivity contribution is -0.129. The van der Waals surface area contributed by atoms with Crippen molar-refractivity contribution >= 4 is 23.6 Å². The van der Waals surface area contributed by atoms with Crippen LogP contribution < -0.4 is 15.0 Å². The summed E-state index contributed by atoms with van der Waals surface area (Å²) in [4.78, 5) is 17.0. The lowest BCUT2D eigenvalue weighted by Crippen LogP contribution is -2.21. The van der Waals surface area contributed by atoms with Crippen LogP contribution in [0.15, 0.2) is 48.5 Å². The van der Waals surface area contributed by atoms with Gasteiger partial charge in [0.15, 0.2) is 11.5 Å². The number of amides is 1. The molecule has 2 rings (SSSR count). The Hall–Kier alpha value is -2.50. The highest BCUT2D eigenvalue weighted by Gasteiger charge is 2.11. The molecule has 0 aliphatic carbocycles. The third-order valence-corrected chi connectivity index (χ3v) is 3.66. The van der Waals surface area contributed by atoms with Gasteiger partial charge >= 0.3 is 0 Å². The SMILES string of the molecule is CCCOc1c(Cl)cc(C=CC(=O)NOCc2ccccc2)cc1OC. The Morgan fingerprint density at radius 3 is 2.69 bits per heavy atom. The molecule has 0 aromatic heterocycles. The fraction of sp³-hybridized carbons (Fsp3) is 0.250. The molecule has 1 amide bonds. The molecule has 0 atom stereocenters. The molecule has 0 fully saturated rings. The fourth-order valence-corrected chi connectivity index (χ4v) is 2.42. The van der Waals surface area contributed by atoms with Crippen LogP contribution in [0.3, 0.4) is 0 Å². The van der Waals surface area contributed by atoms with E-state index >= 15 is 0 Å². The summed E-state index contributed by atoms with van der Waals surface area (Å²) in [6, 6.07) is 13.0. The standard InChI is InChI=1S/C20H22ClNO4/c1-3-11-25-20-17(21)12-16(13-18(20)24-2)9-10-19(23)22-26-14-15-7-5-4-6-8-15/h4-10,12-13H,3,11,14H2,1-2H3,(H,22,23). The highest BCUT2D eigenvalue weighted by molar-refractivity contribution is 6.32. The van der Waals surface area contributed by atoms with Gasteiger partial charge in [0.05, 0.1) is 25.3 Å². The largest absolute Gasteiger partial charge is 0.493 e. The van der Waals surface area contributed by atoms with E-state index in [1.165, 1.54) is 6.08 Å². The van der Waals surface area contributed by atoms with Crippen LogP contribution in [0.2, 0.25) is 5.02 Å². The summed E-state index contributed by atoms with van der Waals surface area (Å²) in [5.74, 6) is 0.650. The summed E-state index contributed by atoms with van der Waals surface area (Å²) in [5, 5.41) is 0.429. The van der Waals surface area contributed by atoms with Gasteiger partial charge in [-0.1, -0.05) is 48.9 Å². The zero-order valence-corrected chi connectivity index (χ0v) is 15.6. The van der Waals surface area contributed by atoms with Crippen molar-refractivity contribution in [3.63, 3.8) is 0 Å². The fourth-order valence-electron chi connectivity index (χ4n) is 2.15. The zero-order valence-electron chi connectivity index (χ0n) is 14.8. The number of benzene rings is 2. The van der Waals surface area contributed by atoms with Gasteiger partial charge in [0.2, 0.25) is 0 Å². The molecular formula is C20H22ClNO4. The van der Waals surface area contributed by atoms with E-state index in [9.17, 15) is 4.79 Å². The van der Waals surface area contributed by atoms with Crippen LogP contribution in [0.1, 0.15) is 24.5 Å². The Morgan fingerprint density at radius 1 is 1.23 bits per heavy atom. The predicted molar refractivity (Wildman–Crippen MR) is 102 cm³/mol. The van der Waals surface area contributed by atoms with Gasteiger partial charge in [0, 0.05) is 6.08 Å². The molecule has 2 aromatic carbocycles. The maximum Gasteiger partial charge on any atom is 0.267 e. The summed E-state index contributed by atoms with van der Waals surface area (Å²) >= 11 is 6.25. The van der Waals surface area contributed by atoms with E-state index in [0.717, 1.165) is 12.0 Å². The van der Waals surface area contributed by atoms with Crippen LogP contribution in [-0.2, 0) is 16.2 Å². The summed E-state index contributed by atoms with van der Waals surface area (Å²) in [7, 11) is 1.54. The maximum absolute atomic E-state index is 11.8. The molecule has 5 nitrogen and oxygen atoms in total. The summed E-state index contributed by atoms with van der Waals surface area (Å²) in [6.45, 7) is 2.85. The van der Waals surface area contributed by atoms with Gasteiger partial charge in [-0.15, -0.1) is 0 Å². The van der Waals surface area contributed by atoms with Gasteiger partial charge in [-0.25, -0.2) is 5.48 Å². The van der Waals surface area contributed by atoms with Gasteiger partial charge in [-0.2, -0.15) is 0 Å². The topological polar surface area (TPSA) is 56.8 Å². The Morgan fingerprint density at radius 2 is 2.00 bits per heavy atom. The first-order valence-electron chi connectivity index (χ1n) is 8.28. The molecule has 0 bridgehead atoms. The number of hydrogen-bond acceptors (Lipinski definition) is 4. The lowest BCUT2D eigenvalue weighted by atomic mass is 10.2. The zero-order chi connectivity index (χ0) is 18.8. The third-order valence-electron chi connectivity index (χ3n) is 3.38. The molecule has 0 saturated carbocycles. The van der Waals surface area contributed by atoms with Crippen molar-refractivity contribution in [2.75, 3.05) is 13.7 Å². The average molecular weight is 376 g/mol. The highest BCUT2D eigenvalue weighted by atomic mass is 35.5. The molecule has 1 N–H and O–H groups in total. The average Bonchev–Trinajstić information content (AvgIpc) is 2.66. The van der Waals surface area contributed by atoms with Gasteiger partial charge in [-0.3, -0.25) is 9.63 Å². The van der Waals surface area contributed by atoms with Crippen molar-refractivity contribution in [3.05, 3.63) is 64.7 Å². The van der Waals surface area contributed by atoms with Crippen LogP contribution in [0.5, 0.6) is 11.5 Å². The van der Waals surface area contributed by atoms with Crippen LogP contribution in [-0.4, -0.2) is 19.6 Å². The van der Waals surface area contributed by atoms with Crippen molar-refractivity contribution in [2.45, 2.75) is 20.0 Å². The summed E-state index contributed by atoms with van der Waals surface area (Å²) in [5.41, 5.74) is 4.05. The number of halogens is 1. The van der Waals surface area contributed by atoms with Crippen molar-refractivity contribution in [1.82, 2.24) is 5.48 Å². The molecule has 0 aliphatic rings. The predicted octanol–water partition coefficient (Wildman–Crippen LogP) is 4.40. The van der Waals surface area contributed by atoms with Gasteiger partial charge in [-0.05, 0) is 35.8 Å². The number of rotatable bonds is 9. The minimum Gasteiger partial charge on any atom is -0.493 e. The molecule has 6 heteroatoms. The first-order valence-corrected chi connectivity index (χ1v) is 8.66. The van der Waals surface area contributed by atoms with E-state index in [0.29, 0.717) is 35.3 Å². The molecule has 0 heterocycles. The Labute approximate surface area is 158 Å². The van der Waals surface area contributed by atoms with E-state index in [-0.39, 0.29) is 5.91 Å². The molecular weight excluding hydrogens is 354 g/mol. The number of ether oxygens (including phenoxy) is 2. The molecule has 2 aromatic rings. The van der Waals surface area contributed by atoms with Crippen molar-refractivity contribution < 1.29 is 19.1 Å². The quantitative estimate of drug-likeness (QED) is 0.521. The number of methoxy groups -OCH3 is 1. The summed E-state index contributed by atoms with van der Waals surface area (Å²) in [6.07, 6.45) is 3.85. The number of nitrogens with one attached hydrogen (secondary N) is 1. The summed E-state index contributed by atoms with van der Waals surface area (Å²) < 4.78 is 10.9. The number of hydrogen-bond donors (Lipinski definition) is 1. The second-order valence-corrected chi connectivity index (χ2v) is 5.86. The van der Waals surface area contributed by atoms with Crippen LogP contribution in [0.4, 0.5) is 0 Å². The normalized spacial score (nSPS) is 10.7. The first-order chi connectivity index (χ1) is 12.6. The Bertz CT molecular complexity index is 747. The molecule has 0 saturated heterocycles. The van der Waals surface area contributed by atoms with E-state index in [1.807, 2.05) is 37.3 Å². The molecule has 0 aliphatic heterocycles. The van der Waals surface area contributed by atoms with E-state index in [2.05, 4.69) is 5.48 Å². The molecule has 0 spiro atoms. The monoisotopic (exact) mass is 375 g/mol. The Balaban J connectivity index is 1.94. The maximum atomic E-state index is 11.8. The number of hydroxylamine groups is 1. The smallest absolute Gasteiger partial charge is 0.267 e. The van der Waals surface area contributed by atoms with Crippen LogP contribution >= 0.6 is 11.6 Å². The van der Waals surface area contributed by atoms with E-state index in [1.54, 1.807) is 25.3 Å². The molecule has 26 heavy (non-hydrogen) atoms. The molecule has 0 radical (unpaired) electrons. The van der Waals surface area contributed by atoms with E-state index in [4.69, 9.17) is 25.9 Å². The second kappa shape index (κ2) is 10.5. The number of carbonyl (C=O) groups excluding carboxylic acids is 1. The molecule has 0 unspecified atom stereocenters. The van der Waals surface area contributed by atoms with Gasteiger partial charge < -0.3 is 9.47 Å². The van der Waals surface area contributed by atoms with Gasteiger partial charge in [0.1, 0.15) is 0 Å². The van der Waals surface area contributed by atoms with Crippen molar-refractivity contribution in [3.8, 4) is 11.5 Å². The second-order valence-electron chi connectivity index (χ2n) is 5.46. The van der Waals surface area contributed by atoms with Crippen LogP contribution in [0, 0.1) is 0 Å². The third kappa shape index (κ3) is 6.10. The first kappa shape index (κ1) is 19.8. The number of carbonyl (C=O) groups is 1. The molecule has 138 valence electrons. The minimum absolute atomic E-state index is 0.295. The Kier molecular flexibility index (Phi) is 7.99. The van der Waals surface area contributed by atoms with Crippen LogP contribution in [0.25, 0.3) is 6.08 Å². The van der Waals surface area contributed by atoms with Gasteiger partial charge in [0.25, 0.3) is 5.91 Å². The lowest BCUT2D eigenvalue weighted by Gasteiger charge is -2.12. The minimum atomic E-state index is -0.373. The van der Waals surface area contributed by atoms with Crippen molar-refractivity contribution in [2.24, 2.45) is 0 Å². The van der Waals surface area contributed by atoms with Crippen molar-refractivity contribution in [1.29, 1.82) is 0 Å². The highest BCUT2D eigenvalue weighted by Crippen LogP contribution is 2.36. The van der Waals surface area contributed by atoms with E-state index < -0.39 is 0 Å².